The van der Waals surface area contributed by atoms with Crippen LogP contribution in [0, 0.1) is 0 Å². The highest BCUT2D eigenvalue weighted by Crippen LogP contribution is 2.24. The number of hydrogen-bond donors (Lipinski definition) is 1. The Balaban J connectivity index is 1.79. The highest BCUT2D eigenvalue weighted by atomic mass is 16.5. The van der Waals surface area contributed by atoms with Gasteiger partial charge in [0.05, 0.1) is 11.2 Å². The average molecular weight is 279 g/mol. The lowest BCUT2D eigenvalue weighted by molar-refractivity contribution is 0.305. The van der Waals surface area contributed by atoms with Gasteiger partial charge in [-0.2, -0.15) is 0 Å². The minimum Gasteiger partial charge on any atom is -0.487 e. The fourth-order valence-corrected chi connectivity index (χ4v) is 2.22. The van der Waals surface area contributed by atoms with Gasteiger partial charge in [0.2, 0.25) is 0 Å². The van der Waals surface area contributed by atoms with Gasteiger partial charge in [-0.3, -0.25) is 9.97 Å². The van der Waals surface area contributed by atoms with Crippen LogP contribution in [-0.2, 0) is 6.61 Å². The summed E-state index contributed by atoms with van der Waals surface area (Å²) in [5.41, 5.74) is 2.89. The topological polar surface area (TPSA) is 47.0 Å². The lowest BCUT2D eigenvalue weighted by Crippen LogP contribution is -2.02. The molecule has 0 aliphatic heterocycles. The quantitative estimate of drug-likeness (QED) is 0.774. The molecule has 0 aliphatic rings. The molecule has 0 saturated heterocycles. The number of aromatic nitrogens is 2. The van der Waals surface area contributed by atoms with E-state index < -0.39 is 0 Å². The molecule has 3 aromatic rings. The van der Waals surface area contributed by atoms with E-state index in [4.69, 9.17) is 4.74 Å². The zero-order valence-electron chi connectivity index (χ0n) is 11.9. The van der Waals surface area contributed by atoms with E-state index in [-0.39, 0.29) is 0 Å². The predicted octanol–water partition coefficient (Wildman–Crippen LogP) is 3.64. The van der Waals surface area contributed by atoms with Crippen LogP contribution in [0.1, 0.15) is 12.6 Å². The van der Waals surface area contributed by atoms with Crippen LogP contribution >= 0.6 is 0 Å². The van der Waals surface area contributed by atoms with Gasteiger partial charge in [-0.15, -0.1) is 0 Å². The maximum Gasteiger partial charge on any atom is 0.130 e. The Bertz CT molecular complexity index is 737. The summed E-state index contributed by atoms with van der Waals surface area (Å²) in [6.45, 7) is 3.40. The molecule has 0 aliphatic carbocycles. The van der Waals surface area contributed by atoms with Crippen LogP contribution in [0.15, 0.2) is 54.9 Å². The molecule has 0 saturated carbocycles. The van der Waals surface area contributed by atoms with Crippen molar-refractivity contribution in [2.24, 2.45) is 0 Å². The maximum atomic E-state index is 5.91. The van der Waals surface area contributed by atoms with Gasteiger partial charge in [-0.05, 0) is 43.3 Å². The third-order valence-electron chi connectivity index (χ3n) is 3.18. The van der Waals surface area contributed by atoms with Gasteiger partial charge < -0.3 is 10.1 Å². The van der Waals surface area contributed by atoms with Gasteiger partial charge in [0.25, 0.3) is 0 Å². The standard InChI is InChI=1S/C17H17N3O/c1-2-18-13-8-10-19-14(11-13)12-21-17-7-3-6-16-15(17)5-4-9-20-16/h3-11H,2,12H2,1H3,(H,18,19). The van der Waals surface area contributed by atoms with Crippen LogP contribution in [0.25, 0.3) is 10.9 Å². The first-order valence-corrected chi connectivity index (χ1v) is 7.02. The predicted molar refractivity (Wildman–Crippen MR) is 84.5 cm³/mol. The van der Waals surface area contributed by atoms with Crippen LogP contribution in [0.3, 0.4) is 0 Å². The van der Waals surface area contributed by atoms with Gasteiger partial charge in [-0.25, -0.2) is 0 Å². The molecule has 0 fully saturated rings. The lowest BCUT2D eigenvalue weighted by atomic mass is 10.2. The number of ether oxygens (including phenoxy) is 1. The zero-order valence-corrected chi connectivity index (χ0v) is 11.9. The molecule has 0 amide bonds. The van der Waals surface area contributed by atoms with E-state index in [1.165, 1.54) is 0 Å². The molecule has 21 heavy (non-hydrogen) atoms. The number of fused-ring (bicyclic) bond motifs is 1. The van der Waals surface area contributed by atoms with Gasteiger partial charge in [-0.1, -0.05) is 6.07 Å². The second-order valence-electron chi connectivity index (χ2n) is 4.68. The Kier molecular flexibility index (Phi) is 3.96. The minimum atomic E-state index is 0.438. The van der Waals surface area contributed by atoms with Crippen molar-refractivity contribution in [2.75, 3.05) is 11.9 Å². The summed E-state index contributed by atoms with van der Waals surface area (Å²) in [7, 11) is 0. The fourth-order valence-electron chi connectivity index (χ4n) is 2.22. The monoisotopic (exact) mass is 279 g/mol. The van der Waals surface area contributed by atoms with Crippen LogP contribution in [0.2, 0.25) is 0 Å². The van der Waals surface area contributed by atoms with E-state index in [2.05, 4.69) is 22.2 Å². The van der Waals surface area contributed by atoms with Crippen LogP contribution in [0.4, 0.5) is 5.69 Å². The summed E-state index contributed by atoms with van der Waals surface area (Å²) in [6.07, 6.45) is 3.58. The Labute approximate surface area is 123 Å². The number of benzene rings is 1. The summed E-state index contributed by atoms with van der Waals surface area (Å²) in [6, 6.07) is 13.8. The van der Waals surface area contributed by atoms with Crippen LogP contribution in [0.5, 0.6) is 5.75 Å². The first-order valence-electron chi connectivity index (χ1n) is 7.02. The molecule has 0 spiro atoms. The summed E-state index contributed by atoms with van der Waals surface area (Å²) in [5, 5.41) is 4.29. The van der Waals surface area contributed by atoms with Crippen molar-refractivity contribution in [1.82, 2.24) is 9.97 Å². The largest absolute Gasteiger partial charge is 0.487 e. The van der Waals surface area contributed by atoms with Gasteiger partial charge in [0.15, 0.2) is 0 Å². The molecule has 1 aromatic carbocycles. The van der Waals surface area contributed by atoms with E-state index in [1.54, 1.807) is 12.4 Å². The lowest BCUT2D eigenvalue weighted by Gasteiger charge is -2.09. The first kappa shape index (κ1) is 13.4. The Morgan fingerprint density at radius 2 is 2.00 bits per heavy atom. The molecule has 1 N–H and O–H groups in total. The molecule has 2 aromatic heterocycles. The van der Waals surface area contributed by atoms with Gasteiger partial charge in [0.1, 0.15) is 12.4 Å². The van der Waals surface area contributed by atoms with Crippen molar-refractivity contribution in [3.8, 4) is 5.75 Å². The first-order chi connectivity index (χ1) is 10.4. The number of pyridine rings is 2. The second-order valence-corrected chi connectivity index (χ2v) is 4.68. The van der Waals surface area contributed by atoms with Gasteiger partial charge >= 0.3 is 0 Å². The Hall–Kier alpha value is -2.62. The number of rotatable bonds is 5. The molecular formula is C17H17N3O. The summed E-state index contributed by atoms with van der Waals surface area (Å²) in [5.74, 6) is 0.830. The van der Waals surface area contributed by atoms with Crippen molar-refractivity contribution in [2.45, 2.75) is 13.5 Å². The van der Waals surface area contributed by atoms with Crippen molar-refractivity contribution in [3.05, 3.63) is 60.6 Å². The average Bonchev–Trinajstić information content (AvgIpc) is 2.53. The smallest absolute Gasteiger partial charge is 0.130 e. The van der Waals surface area contributed by atoms with E-state index in [1.807, 2.05) is 42.5 Å². The summed E-state index contributed by atoms with van der Waals surface area (Å²) >= 11 is 0. The minimum absolute atomic E-state index is 0.438. The third-order valence-corrected chi connectivity index (χ3v) is 3.18. The number of anilines is 1. The van der Waals surface area contributed by atoms with Crippen LogP contribution < -0.4 is 10.1 Å². The highest BCUT2D eigenvalue weighted by Gasteiger charge is 2.03. The van der Waals surface area contributed by atoms with E-state index in [0.717, 1.165) is 34.6 Å². The zero-order chi connectivity index (χ0) is 14.5. The number of nitrogens with one attached hydrogen (secondary N) is 1. The normalized spacial score (nSPS) is 10.5. The molecule has 2 heterocycles. The summed E-state index contributed by atoms with van der Waals surface area (Å²) in [4.78, 5) is 8.67. The third kappa shape index (κ3) is 3.11. The maximum absolute atomic E-state index is 5.91. The molecule has 4 heteroatoms. The summed E-state index contributed by atoms with van der Waals surface area (Å²) < 4.78 is 5.91. The Morgan fingerprint density at radius 3 is 2.90 bits per heavy atom. The molecule has 0 unspecified atom stereocenters. The molecular weight excluding hydrogens is 262 g/mol. The fraction of sp³-hybridized carbons (Fsp3) is 0.176. The van der Waals surface area contributed by atoms with E-state index >= 15 is 0 Å². The van der Waals surface area contributed by atoms with Crippen molar-refractivity contribution in [3.63, 3.8) is 0 Å². The molecule has 4 nitrogen and oxygen atoms in total. The van der Waals surface area contributed by atoms with Crippen LogP contribution in [-0.4, -0.2) is 16.5 Å². The van der Waals surface area contributed by atoms with Crippen molar-refractivity contribution < 1.29 is 4.74 Å². The van der Waals surface area contributed by atoms with E-state index in [9.17, 15) is 0 Å². The molecule has 0 atom stereocenters. The van der Waals surface area contributed by atoms with Crippen molar-refractivity contribution >= 4 is 16.6 Å². The molecule has 0 radical (unpaired) electrons. The van der Waals surface area contributed by atoms with Gasteiger partial charge in [0, 0.05) is 30.0 Å². The number of nitrogens with zero attached hydrogens (tertiary/aromatic N) is 2. The molecule has 106 valence electrons. The SMILES string of the molecule is CCNc1ccnc(COc2cccc3ncccc23)c1. The molecule has 0 bridgehead atoms. The van der Waals surface area contributed by atoms with E-state index in [0.29, 0.717) is 6.61 Å². The van der Waals surface area contributed by atoms with Crippen molar-refractivity contribution in [1.29, 1.82) is 0 Å². The second kappa shape index (κ2) is 6.22. The Morgan fingerprint density at radius 1 is 1.05 bits per heavy atom. The number of hydrogen-bond acceptors (Lipinski definition) is 4. The molecule has 3 rings (SSSR count). The highest BCUT2D eigenvalue weighted by molar-refractivity contribution is 5.84.